The van der Waals surface area contributed by atoms with Crippen LogP contribution in [0.25, 0.3) is 0 Å². The fourth-order valence-corrected chi connectivity index (χ4v) is 3.88. The van der Waals surface area contributed by atoms with Crippen molar-refractivity contribution in [3.8, 4) is 0 Å². The van der Waals surface area contributed by atoms with Gasteiger partial charge in [0.15, 0.2) is 0 Å². The van der Waals surface area contributed by atoms with Gasteiger partial charge in [-0.2, -0.15) is 5.10 Å². The molecule has 2 aromatic carbocycles. The summed E-state index contributed by atoms with van der Waals surface area (Å²) in [7, 11) is -3.67. The largest absolute Gasteiger partial charge is 0.280 e. The van der Waals surface area contributed by atoms with Crippen molar-refractivity contribution in [2.24, 2.45) is 0 Å². The minimum Gasteiger partial charge on any atom is -0.280 e. The monoisotopic (exact) mass is 355 g/mol. The molecule has 0 aliphatic heterocycles. The van der Waals surface area contributed by atoms with Crippen LogP contribution < -0.4 is 4.72 Å². The molecule has 0 radical (unpaired) electrons. The molecular weight excluding hydrogens is 334 g/mol. The normalized spacial score (nSPS) is 11.4. The van der Waals surface area contributed by atoms with Crippen molar-refractivity contribution in [1.82, 2.24) is 9.78 Å². The molecule has 0 saturated carbocycles. The number of nitrogens with zero attached hydrogens (tertiary/aromatic N) is 2. The smallest absolute Gasteiger partial charge is 0.265 e. The molecule has 0 aliphatic carbocycles. The van der Waals surface area contributed by atoms with Crippen LogP contribution in [0.4, 0.5) is 5.69 Å². The van der Waals surface area contributed by atoms with Gasteiger partial charge in [0.05, 0.1) is 12.2 Å². The summed E-state index contributed by atoms with van der Waals surface area (Å²) in [5.41, 5.74) is 3.26. The molecule has 130 valence electrons. The van der Waals surface area contributed by atoms with E-state index in [2.05, 4.69) is 16.7 Å². The van der Waals surface area contributed by atoms with E-state index in [1.54, 1.807) is 29.9 Å². The lowest BCUT2D eigenvalue weighted by Gasteiger charge is -2.07. The number of rotatable bonds is 6. The fraction of sp³-hybridized carbons (Fsp3) is 0.211. The maximum atomic E-state index is 12.7. The second-order valence-corrected chi connectivity index (χ2v) is 7.57. The lowest BCUT2D eigenvalue weighted by Crippen LogP contribution is -2.13. The van der Waals surface area contributed by atoms with Gasteiger partial charge >= 0.3 is 0 Å². The Hall–Kier alpha value is -2.60. The van der Waals surface area contributed by atoms with E-state index in [1.807, 2.05) is 42.5 Å². The second kappa shape index (κ2) is 7.11. The minimum atomic E-state index is -3.67. The number of anilines is 1. The van der Waals surface area contributed by atoms with Gasteiger partial charge in [0, 0.05) is 11.9 Å². The van der Waals surface area contributed by atoms with Crippen LogP contribution in [0.15, 0.2) is 65.7 Å². The molecule has 0 spiro atoms. The van der Waals surface area contributed by atoms with E-state index >= 15 is 0 Å². The van der Waals surface area contributed by atoms with Gasteiger partial charge in [0.25, 0.3) is 10.0 Å². The molecule has 1 N–H and O–H groups in total. The van der Waals surface area contributed by atoms with Gasteiger partial charge in [-0.15, -0.1) is 0 Å². The van der Waals surface area contributed by atoms with Crippen LogP contribution >= 0.6 is 0 Å². The van der Waals surface area contributed by atoms with Crippen LogP contribution in [0.3, 0.4) is 0 Å². The maximum absolute atomic E-state index is 12.7. The van der Waals surface area contributed by atoms with E-state index in [0.717, 1.165) is 17.5 Å². The Morgan fingerprint density at radius 1 is 1.00 bits per heavy atom. The number of benzene rings is 2. The molecule has 25 heavy (non-hydrogen) atoms. The number of aromatic nitrogens is 2. The van der Waals surface area contributed by atoms with Crippen molar-refractivity contribution in [3.63, 3.8) is 0 Å². The number of aryl methyl sites for hydroxylation is 2. The molecular formula is C19H21N3O2S. The third kappa shape index (κ3) is 4.09. The highest BCUT2D eigenvalue weighted by atomic mass is 32.2. The quantitative estimate of drug-likeness (QED) is 0.735. The minimum absolute atomic E-state index is 0.197. The Balaban J connectivity index is 1.82. The molecule has 1 aromatic heterocycles. The summed E-state index contributed by atoms with van der Waals surface area (Å²) in [6.07, 6.45) is 2.49. The molecule has 3 rings (SSSR count). The van der Waals surface area contributed by atoms with Gasteiger partial charge in [-0.3, -0.25) is 9.40 Å². The molecule has 0 bridgehead atoms. The molecule has 0 aliphatic rings. The third-order valence-electron chi connectivity index (χ3n) is 3.99. The second-order valence-electron chi connectivity index (χ2n) is 5.92. The van der Waals surface area contributed by atoms with E-state index < -0.39 is 10.0 Å². The topological polar surface area (TPSA) is 64.0 Å². The van der Waals surface area contributed by atoms with E-state index in [-0.39, 0.29) is 4.90 Å². The average molecular weight is 355 g/mol. The van der Waals surface area contributed by atoms with Gasteiger partial charge < -0.3 is 0 Å². The summed E-state index contributed by atoms with van der Waals surface area (Å²) in [6.45, 7) is 4.29. The van der Waals surface area contributed by atoms with Crippen molar-refractivity contribution in [2.75, 3.05) is 4.72 Å². The Morgan fingerprint density at radius 2 is 1.68 bits per heavy atom. The number of hydrogen-bond donors (Lipinski definition) is 1. The molecule has 0 unspecified atom stereocenters. The summed E-state index contributed by atoms with van der Waals surface area (Å²) >= 11 is 0. The zero-order valence-corrected chi connectivity index (χ0v) is 15.1. The van der Waals surface area contributed by atoms with Crippen molar-refractivity contribution in [1.29, 1.82) is 0 Å². The standard InChI is InChI=1S/C19H21N3O2S/c1-3-16-9-11-18(12-10-16)21-25(23,24)19-14-22(20-15(19)2)13-17-7-5-4-6-8-17/h4-12,14,21H,3,13H2,1-2H3. The Bertz CT molecular complexity index is 946. The highest BCUT2D eigenvalue weighted by Crippen LogP contribution is 2.19. The highest BCUT2D eigenvalue weighted by molar-refractivity contribution is 7.92. The van der Waals surface area contributed by atoms with Crippen LogP contribution in [0, 0.1) is 6.92 Å². The fourth-order valence-electron chi connectivity index (χ4n) is 2.63. The first-order valence-electron chi connectivity index (χ1n) is 8.17. The lowest BCUT2D eigenvalue weighted by molar-refractivity contribution is 0.600. The van der Waals surface area contributed by atoms with Crippen LogP contribution in [0.5, 0.6) is 0 Å². The molecule has 0 amide bonds. The van der Waals surface area contributed by atoms with Gasteiger partial charge in [0.1, 0.15) is 4.90 Å². The maximum Gasteiger partial charge on any atom is 0.265 e. The number of sulfonamides is 1. The van der Waals surface area contributed by atoms with Gasteiger partial charge in [-0.05, 0) is 36.6 Å². The van der Waals surface area contributed by atoms with E-state index in [9.17, 15) is 8.42 Å². The zero-order chi connectivity index (χ0) is 17.9. The first kappa shape index (κ1) is 17.2. The number of nitrogens with one attached hydrogen (secondary N) is 1. The van der Waals surface area contributed by atoms with E-state index in [0.29, 0.717) is 17.9 Å². The molecule has 0 saturated heterocycles. The summed E-state index contributed by atoms with van der Waals surface area (Å²) in [4.78, 5) is 0.197. The summed E-state index contributed by atoms with van der Waals surface area (Å²) in [5.74, 6) is 0. The van der Waals surface area contributed by atoms with E-state index in [1.165, 1.54) is 0 Å². The van der Waals surface area contributed by atoms with Crippen LogP contribution in [0.2, 0.25) is 0 Å². The molecule has 5 nitrogen and oxygen atoms in total. The first-order valence-corrected chi connectivity index (χ1v) is 9.66. The molecule has 0 atom stereocenters. The Kier molecular flexibility index (Phi) is 4.90. The van der Waals surface area contributed by atoms with Crippen molar-refractivity contribution >= 4 is 15.7 Å². The zero-order valence-electron chi connectivity index (χ0n) is 14.3. The average Bonchev–Trinajstić information content (AvgIpc) is 2.97. The number of hydrogen-bond acceptors (Lipinski definition) is 3. The van der Waals surface area contributed by atoms with Crippen molar-refractivity contribution < 1.29 is 8.42 Å². The van der Waals surface area contributed by atoms with Gasteiger partial charge in [-0.1, -0.05) is 49.4 Å². The van der Waals surface area contributed by atoms with Gasteiger partial charge in [-0.25, -0.2) is 8.42 Å². The van der Waals surface area contributed by atoms with E-state index in [4.69, 9.17) is 0 Å². The van der Waals surface area contributed by atoms with Crippen LogP contribution in [-0.4, -0.2) is 18.2 Å². The molecule has 6 heteroatoms. The van der Waals surface area contributed by atoms with Gasteiger partial charge in [0.2, 0.25) is 0 Å². The predicted molar refractivity (Wildman–Crippen MR) is 99.1 cm³/mol. The van der Waals surface area contributed by atoms with Crippen molar-refractivity contribution in [3.05, 3.63) is 77.6 Å². The van der Waals surface area contributed by atoms with Crippen LogP contribution in [0.1, 0.15) is 23.7 Å². The molecule has 0 fully saturated rings. The summed E-state index contributed by atoms with van der Waals surface area (Å²) in [5, 5.41) is 4.34. The SMILES string of the molecule is CCc1ccc(NS(=O)(=O)c2cn(Cc3ccccc3)nc2C)cc1. The van der Waals surface area contributed by atoms with Crippen LogP contribution in [-0.2, 0) is 23.0 Å². The summed E-state index contributed by atoms with van der Waals surface area (Å²) < 4.78 is 29.6. The Morgan fingerprint density at radius 3 is 2.32 bits per heavy atom. The predicted octanol–water partition coefficient (Wildman–Crippen LogP) is 3.60. The lowest BCUT2D eigenvalue weighted by atomic mass is 10.2. The molecule has 3 aromatic rings. The third-order valence-corrected chi connectivity index (χ3v) is 5.48. The Labute approximate surface area is 148 Å². The molecule has 1 heterocycles. The first-order chi connectivity index (χ1) is 12.0. The van der Waals surface area contributed by atoms with Crippen molar-refractivity contribution in [2.45, 2.75) is 31.7 Å². The highest BCUT2D eigenvalue weighted by Gasteiger charge is 2.20. The summed E-state index contributed by atoms with van der Waals surface area (Å²) in [6, 6.07) is 17.2.